The molecule has 0 saturated carbocycles. The quantitative estimate of drug-likeness (QED) is 0.742. The second-order valence-corrected chi connectivity index (χ2v) is 3.28. The summed E-state index contributed by atoms with van der Waals surface area (Å²) in [6.45, 7) is 1.50. The molecule has 0 bridgehead atoms. The summed E-state index contributed by atoms with van der Waals surface area (Å²) < 4.78 is 24.8. The van der Waals surface area contributed by atoms with Crippen molar-refractivity contribution in [3.8, 4) is 0 Å². The van der Waals surface area contributed by atoms with Crippen LogP contribution in [-0.4, -0.2) is 10.2 Å². The van der Waals surface area contributed by atoms with Gasteiger partial charge in [0.05, 0.1) is 16.3 Å². The largest absolute Gasteiger partial charge is 0.276 e. The number of carbonyl (C=O) groups excluding carboxylic acids is 1. The molecule has 0 aromatic carbocycles. The highest BCUT2D eigenvalue weighted by atomic mass is 35.5. The first-order valence-electron chi connectivity index (χ1n) is 3.58. The van der Waals surface area contributed by atoms with Crippen LogP contribution < -0.4 is 0 Å². The normalized spacial score (nSPS) is 10.7. The highest BCUT2D eigenvalue weighted by Crippen LogP contribution is 2.30. The van der Waals surface area contributed by atoms with Crippen LogP contribution in [0, 0.1) is 6.92 Å². The van der Waals surface area contributed by atoms with E-state index in [1.807, 2.05) is 0 Å². The molecule has 0 radical (unpaired) electrons. The Labute approximate surface area is 88.8 Å². The summed E-state index contributed by atoms with van der Waals surface area (Å²) in [4.78, 5) is 14.5. The molecule has 14 heavy (non-hydrogen) atoms. The van der Waals surface area contributed by atoms with E-state index in [-0.39, 0.29) is 10.6 Å². The molecule has 0 amide bonds. The lowest BCUT2D eigenvalue weighted by Gasteiger charge is -2.07. The number of carbonyl (C=O) groups is 1. The van der Waals surface area contributed by atoms with E-state index in [1.165, 1.54) is 6.92 Å². The van der Waals surface area contributed by atoms with Crippen LogP contribution in [0.5, 0.6) is 0 Å². The highest BCUT2D eigenvalue weighted by molar-refractivity contribution is 6.69. The fraction of sp³-hybridized carbons (Fsp3) is 0.250. The second-order valence-electron chi connectivity index (χ2n) is 2.56. The first kappa shape index (κ1) is 11.3. The van der Waals surface area contributed by atoms with Crippen molar-refractivity contribution in [2.45, 2.75) is 13.3 Å². The van der Waals surface area contributed by atoms with E-state index in [2.05, 4.69) is 4.98 Å². The monoisotopic (exact) mass is 239 g/mol. The van der Waals surface area contributed by atoms with Crippen LogP contribution in [0.25, 0.3) is 0 Å². The number of alkyl halides is 2. The summed E-state index contributed by atoms with van der Waals surface area (Å²) in [5, 5.41) is -1.13. The fourth-order valence-electron chi connectivity index (χ4n) is 0.960. The number of aryl methyl sites for hydroxylation is 1. The van der Waals surface area contributed by atoms with E-state index < -0.39 is 17.2 Å². The maximum Gasteiger partial charge on any atom is 0.266 e. The van der Waals surface area contributed by atoms with Crippen LogP contribution in [0.1, 0.15) is 28.0 Å². The summed E-state index contributed by atoms with van der Waals surface area (Å²) in [7, 11) is 0. The molecular formula is C8H5Cl2F2NO. The van der Waals surface area contributed by atoms with Crippen molar-refractivity contribution in [2.24, 2.45) is 0 Å². The average molecular weight is 240 g/mol. The van der Waals surface area contributed by atoms with Crippen LogP contribution in [0.2, 0.25) is 5.02 Å². The summed E-state index contributed by atoms with van der Waals surface area (Å²) in [5.41, 5.74) is -0.614. The molecule has 0 aliphatic heterocycles. The van der Waals surface area contributed by atoms with Gasteiger partial charge in [-0.1, -0.05) is 11.6 Å². The molecule has 0 saturated heterocycles. The Morgan fingerprint density at radius 2 is 2.14 bits per heavy atom. The topological polar surface area (TPSA) is 30.0 Å². The van der Waals surface area contributed by atoms with E-state index in [9.17, 15) is 13.6 Å². The number of aromatic nitrogens is 1. The molecule has 0 spiro atoms. The molecule has 0 unspecified atom stereocenters. The molecule has 2 nitrogen and oxygen atoms in total. The molecule has 0 atom stereocenters. The van der Waals surface area contributed by atoms with Gasteiger partial charge in [-0.25, -0.2) is 8.78 Å². The van der Waals surface area contributed by atoms with Gasteiger partial charge in [-0.3, -0.25) is 9.78 Å². The van der Waals surface area contributed by atoms with Crippen molar-refractivity contribution >= 4 is 28.4 Å². The van der Waals surface area contributed by atoms with Gasteiger partial charge in [0.15, 0.2) is 0 Å². The van der Waals surface area contributed by atoms with Gasteiger partial charge >= 0.3 is 0 Å². The van der Waals surface area contributed by atoms with Gasteiger partial charge in [0, 0.05) is 11.8 Å². The lowest BCUT2D eigenvalue weighted by Crippen LogP contribution is -2.02. The molecule has 1 heterocycles. The van der Waals surface area contributed by atoms with Crippen LogP contribution >= 0.6 is 23.2 Å². The molecule has 6 heteroatoms. The molecule has 0 aliphatic rings. The standard InChI is InChI=1S/C8H5Cl2F2NO/c1-3-6(9)5(7(10)14)4(2-13-3)8(11)12/h2,8H,1H3. The number of nitrogens with zero attached hydrogens (tertiary/aromatic N) is 1. The van der Waals surface area contributed by atoms with E-state index >= 15 is 0 Å². The van der Waals surface area contributed by atoms with Crippen molar-refractivity contribution in [1.82, 2.24) is 4.98 Å². The molecule has 0 N–H and O–H groups in total. The van der Waals surface area contributed by atoms with Gasteiger partial charge in [0.25, 0.3) is 11.7 Å². The smallest absolute Gasteiger partial charge is 0.266 e. The molecular weight excluding hydrogens is 235 g/mol. The Kier molecular flexibility index (Phi) is 3.39. The van der Waals surface area contributed by atoms with Crippen molar-refractivity contribution < 1.29 is 13.6 Å². The first-order valence-corrected chi connectivity index (χ1v) is 4.33. The Morgan fingerprint density at radius 1 is 1.57 bits per heavy atom. The van der Waals surface area contributed by atoms with Gasteiger partial charge in [-0.05, 0) is 18.5 Å². The van der Waals surface area contributed by atoms with Crippen molar-refractivity contribution in [3.05, 3.63) is 28.0 Å². The predicted molar refractivity (Wildman–Crippen MR) is 49.1 cm³/mol. The third-order valence-corrected chi connectivity index (χ3v) is 2.31. The molecule has 0 fully saturated rings. The minimum Gasteiger partial charge on any atom is -0.276 e. The van der Waals surface area contributed by atoms with Crippen molar-refractivity contribution in [2.75, 3.05) is 0 Å². The molecule has 1 aromatic rings. The SMILES string of the molecule is Cc1ncc(C(F)F)c(C(=O)Cl)c1Cl. The van der Waals surface area contributed by atoms with E-state index in [1.54, 1.807) is 0 Å². The van der Waals surface area contributed by atoms with Crippen LogP contribution in [0.3, 0.4) is 0 Å². The Balaban J connectivity index is 3.45. The third kappa shape index (κ3) is 2.01. The summed E-state index contributed by atoms with van der Waals surface area (Å²) in [6, 6.07) is 0. The molecule has 1 rings (SSSR count). The van der Waals surface area contributed by atoms with Crippen LogP contribution in [0.15, 0.2) is 6.20 Å². The van der Waals surface area contributed by atoms with Gasteiger partial charge in [-0.15, -0.1) is 0 Å². The highest BCUT2D eigenvalue weighted by Gasteiger charge is 2.22. The van der Waals surface area contributed by atoms with Gasteiger partial charge < -0.3 is 0 Å². The summed E-state index contributed by atoms with van der Waals surface area (Å²) >= 11 is 10.8. The van der Waals surface area contributed by atoms with Crippen molar-refractivity contribution in [1.29, 1.82) is 0 Å². The first-order chi connectivity index (χ1) is 6.45. The molecule has 76 valence electrons. The number of hydrogen-bond acceptors (Lipinski definition) is 2. The fourth-order valence-corrected chi connectivity index (χ4v) is 1.46. The van der Waals surface area contributed by atoms with E-state index in [0.29, 0.717) is 5.69 Å². The third-order valence-electron chi connectivity index (χ3n) is 1.65. The van der Waals surface area contributed by atoms with E-state index in [0.717, 1.165) is 6.20 Å². The van der Waals surface area contributed by atoms with Gasteiger partial charge in [-0.2, -0.15) is 0 Å². The minimum atomic E-state index is -2.82. The molecule has 1 aromatic heterocycles. The zero-order chi connectivity index (χ0) is 10.9. The van der Waals surface area contributed by atoms with E-state index in [4.69, 9.17) is 23.2 Å². The molecule has 0 aliphatic carbocycles. The number of halogens is 4. The maximum atomic E-state index is 12.4. The maximum absolute atomic E-state index is 12.4. The number of pyridine rings is 1. The Bertz CT molecular complexity index is 382. The number of hydrogen-bond donors (Lipinski definition) is 0. The Hall–Kier alpha value is -0.740. The zero-order valence-corrected chi connectivity index (χ0v) is 8.53. The van der Waals surface area contributed by atoms with Gasteiger partial charge in [0.2, 0.25) is 0 Å². The van der Waals surface area contributed by atoms with Crippen LogP contribution in [-0.2, 0) is 0 Å². The van der Waals surface area contributed by atoms with Crippen molar-refractivity contribution in [3.63, 3.8) is 0 Å². The lowest BCUT2D eigenvalue weighted by molar-refractivity contribution is 0.106. The van der Waals surface area contributed by atoms with Crippen LogP contribution in [0.4, 0.5) is 8.78 Å². The predicted octanol–water partition coefficient (Wildman–Crippen LogP) is 3.36. The minimum absolute atomic E-state index is 0.122. The lowest BCUT2D eigenvalue weighted by atomic mass is 10.1. The average Bonchev–Trinajstić information content (AvgIpc) is 2.08. The summed E-state index contributed by atoms with van der Waals surface area (Å²) in [6.07, 6.45) is -1.92. The summed E-state index contributed by atoms with van der Waals surface area (Å²) in [5.74, 6) is 0. The number of rotatable bonds is 2. The van der Waals surface area contributed by atoms with Gasteiger partial charge in [0.1, 0.15) is 0 Å². The second kappa shape index (κ2) is 4.19. The zero-order valence-electron chi connectivity index (χ0n) is 7.02. The Morgan fingerprint density at radius 3 is 2.57 bits per heavy atom.